The van der Waals surface area contributed by atoms with Crippen molar-refractivity contribution in [3.8, 4) is 5.75 Å². The van der Waals surface area contributed by atoms with Crippen molar-refractivity contribution in [2.45, 2.75) is 19.4 Å². The number of methoxy groups -OCH3 is 1. The van der Waals surface area contributed by atoms with Gasteiger partial charge in [0.15, 0.2) is 0 Å². The second kappa shape index (κ2) is 5.29. The Hall–Kier alpha value is -1.81. The minimum absolute atomic E-state index is 0.0944. The Morgan fingerprint density at radius 1 is 1.30 bits per heavy atom. The molecule has 2 aromatic rings. The second-order valence-electron chi connectivity index (χ2n) is 4.95. The van der Waals surface area contributed by atoms with Crippen LogP contribution in [0.4, 0.5) is 0 Å². The summed E-state index contributed by atoms with van der Waals surface area (Å²) in [6.07, 6.45) is 0.958. The van der Waals surface area contributed by atoms with Gasteiger partial charge >= 0.3 is 0 Å². The first-order valence-corrected chi connectivity index (χ1v) is 7.60. The Bertz CT molecular complexity index is 618. The van der Waals surface area contributed by atoms with E-state index < -0.39 is 0 Å². The molecule has 20 heavy (non-hydrogen) atoms. The van der Waals surface area contributed by atoms with E-state index in [9.17, 15) is 4.79 Å². The van der Waals surface area contributed by atoms with Crippen LogP contribution >= 0.6 is 11.3 Å². The number of hydrogen-bond acceptors (Lipinski definition) is 3. The minimum atomic E-state index is 0.0944. The zero-order chi connectivity index (χ0) is 14.1. The van der Waals surface area contributed by atoms with Crippen LogP contribution in [0.1, 0.15) is 33.8 Å². The fraction of sp³-hybridized carbons (Fsp3) is 0.312. The molecule has 0 spiro atoms. The van der Waals surface area contributed by atoms with Crippen LogP contribution in [-0.2, 0) is 6.42 Å². The Morgan fingerprint density at radius 2 is 2.05 bits per heavy atom. The molecule has 1 aromatic heterocycles. The van der Waals surface area contributed by atoms with Crippen molar-refractivity contribution in [2.24, 2.45) is 0 Å². The molecule has 1 amide bonds. The maximum Gasteiger partial charge on any atom is 0.254 e. The highest BCUT2D eigenvalue weighted by Crippen LogP contribution is 2.33. The number of amides is 1. The molecule has 0 saturated carbocycles. The van der Waals surface area contributed by atoms with E-state index in [2.05, 4.69) is 18.4 Å². The molecule has 1 aromatic carbocycles. The molecule has 0 fully saturated rings. The zero-order valence-corrected chi connectivity index (χ0v) is 12.4. The first-order valence-electron chi connectivity index (χ1n) is 6.72. The summed E-state index contributed by atoms with van der Waals surface area (Å²) in [7, 11) is 1.63. The number of nitrogens with zero attached hydrogens (tertiary/aromatic N) is 1. The van der Waals surface area contributed by atoms with E-state index in [0.29, 0.717) is 0 Å². The standard InChI is InChI=1S/C16H17NO2S/c1-11-14-8-10-20-15(14)7-9-17(11)16(18)12-3-5-13(19-2)6-4-12/h3-6,8,10-11H,7,9H2,1-2H3/t11-/m0/s1. The molecule has 2 heterocycles. The number of carbonyl (C=O) groups is 1. The van der Waals surface area contributed by atoms with Crippen LogP contribution in [-0.4, -0.2) is 24.5 Å². The molecule has 3 rings (SSSR count). The Morgan fingerprint density at radius 3 is 2.75 bits per heavy atom. The topological polar surface area (TPSA) is 29.5 Å². The average molecular weight is 287 g/mol. The van der Waals surface area contributed by atoms with Gasteiger partial charge in [-0.3, -0.25) is 4.79 Å². The Labute approximate surface area is 122 Å². The fourth-order valence-corrected chi connectivity index (χ4v) is 3.65. The largest absolute Gasteiger partial charge is 0.497 e. The summed E-state index contributed by atoms with van der Waals surface area (Å²) >= 11 is 1.79. The highest BCUT2D eigenvalue weighted by Gasteiger charge is 2.28. The number of hydrogen-bond donors (Lipinski definition) is 0. The Balaban J connectivity index is 1.84. The third-order valence-corrected chi connectivity index (χ3v) is 4.87. The molecule has 0 bridgehead atoms. The van der Waals surface area contributed by atoms with Crippen molar-refractivity contribution in [3.05, 3.63) is 51.7 Å². The molecule has 104 valence electrons. The van der Waals surface area contributed by atoms with Gasteiger partial charge in [-0.1, -0.05) is 0 Å². The van der Waals surface area contributed by atoms with Crippen LogP contribution in [0.25, 0.3) is 0 Å². The van der Waals surface area contributed by atoms with Crippen LogP contribution in [0.3, 0.4) is 0 Å². The summed E-state index contributed by atoms with van der Waals surface area (Å²) in [6.45, 7) is 2.89. The normalized spacial score (nSPS) is 17.7. The number of carbonyl (C=O) groups excluding carboxylic acids is 1. The molecule has 4 heteroatoms. The van der Waals surface area contributed by atoms with Crippen molar-refractivity contribution >= 4 is 17.2 Å². The molecule has 0 unspecified atom stereocenters. The average Bonchev–Trinajstić information content (AvgIpc) is 2.96. The van der Waals surface area contributed by atoms with Gasteiger partial charge in [0.05, 0.1) is 13.2 Å². The van der Waals surface area contributed by atoms with Gasteiger partial charge < -0.3 is 9.64 Å². The van der Waals surface area contributed by atoms with Gasteiger partial charge in [-0.15, -0.1) is 11.3 Å². The highest BCUT2D eigenvalue weighted by molar-refractivity contribution is 7.10. The van der Waals surface area contributed by atoms with Gasteiger partial charge in [-0.2, -0.15) is 0 Å². The van der Waals surface area contributed by atoms with Gasteiger partial charge in [0.2, 0.25) is 0 Å². The quantitative estimate of drug-likeness (QED) is 0.846. The fourth-order valence-electron chi connectivity index (χ4n) is 2.69. The molecule has 1 aliphatic heterocycles. The maximum absolute atomic E-state index is 12.6. The summed E-state index contributed by atoms with van der Waals surface area (Å²) in [6, 6.07) is 9.61. The van der Waals surface area contributed by atoms with Gasteiger partial charge in [0.1, 0.15) is 5.75 Å². The van der Waals surface area contributed by atoms with Crippen molar-refractivity contribution in [2.75, 3.05) is 13.7 Å². The third-order valence-electron chi connectivity index (χ3n) is 3.88. The van der Waals surface area contributed by atoms with E-state index in [4.69, 9.17) is 4.74 Å². The van der Waals surface area contributed by atoms with Crippen molar-refractivity contribution in [3.63, 3.8) is 0 Å². The monoisotopic (exact) mass is 287 g/mol. The lowest BCUT2D eigenvalue weighted by molar-refractivity contribution is 0.0679. The second-order valence-corrected chi connectivity index (χ2v) is 5.95. The van der Waals surface area contributed by atoms with Crippen LogP contribution in [0.5, 0.6) is 5.75 Å². The van der Waals surface area contributed by atoms with Crippen molar-refractivity contribution in [1.82, 2.24) is 4.90 Å². The predicted octanol–water partition coefficient (Wildman–Crippen LogP) is 3.52. The molecular formula is C16H17NO2S. The lowest BCUT2D eigenvalue weighted by Crippen LogP contribution is -2.38. The smallest absolute Gasteiger partial charge is 0.254 e. The van der Waals surface area contributed by atoms with Gasteiger partial charge in [-0.25, -0.2) is 0 Å². The van der Waals surface area contributed by atoms with E-state index in [0.717, 1.165) is 24.3 Å². The number of thiophene rings is 1. The molecular weight excluding hydrogens is 270 g/mol. The van der Waals surface area contributed by atoms with E-state index >= 15 is 0 Å². The van der Waals surface area contributed by atoms with Crippen molar-refractivity contribution < 1.29 is 9.53 Å². The SMILES string of the molecule is COc1ccc(C(=O)N2CCc3sccc3[C@@H]2C)cc1. The molecule has 0 N–H and O–H groups in total. The summed E-state index contributed by atoms with van der Waals surface area (Å²) < 4.78 is 5.13. The molecule has 3 nitrogen and oxygen atoms in total. The number of rotatable bonds is 2. The summed E-state index contributed by atoms with van der Waals surface area (Å²) in [5, 5.41) is 2.11. The van der Waals surface area contributed by atoms with Crippen LogP contribution in [0.15, 0.2) is 35.7 Å². The molecule has 0 saturated heterocycles. The summed E-state index contributed by atoms with van der Waals surface area (Å²) in [5.41, 5.74) is 2.01. The third kappa shape index (κ3) is 2.20. The number of fused-ring (bicyclic) bond motifs is 1. The maximum atomic E-state index is 12.6. The van der Waals surface area contributed by atoms with Crippen molar-refractivity contribution in [1.29, 1.82) is 0 Å². The van der Waals surface area contributed by atoms with E-state index in [1.165, 1.54) is 10.4 Å². The molecule has 1 aliphatic rings. The summed E-state index contributed by atoms with van der Waals surface area (Å²) in [4.78, 5) is 16.0. The number of ether oxygens (including phenoxy) is 1. The molecule has 1 atom stereocenters. The van der Waals surface area contributed by atoms with Gasteiger partial charge in [0.25, 0.3) is 5.91 Å². The summed E-state index contributed by atoms with van der Waals surface area (Å²) in [5.74, 6) is 0.866. The van der Waals surface area contributed by atoms with Gasteiger partial charge in [0, 0.05) is 17.0 Å². The van der Waals surface area contributed by atoms with E-state index in [-0.39, 0.29) is 11.9 Å². The van der Waals surface area contributed by atoms with E-state index in [1.54, 1.807) is 18.4 Å². The first-order chi connectivity index (χ1) is 9.70. The van der Waals surface area contributed by atoms with Crippen LogP contribution < -0.4 is 4.74 Å². The molecule has 0 aliphatic carbocycles. The Kier molecular flexibility index (Phi) is 3.49. The zero-order valence-electron chi connectivity index (χ0n) is 11.6. The lowest BCUT2D eigenvalue weighted by atomic mass is 10.0. The highest BCUT2D eigenvalue weighted by atomic mass is 32.1. The molecule has 0 radical (unpaired) electrons. The van der Waals surface area contributed by atoms with Crippen LogP contribution in [0.2, 0.25) is 0 Å². The lowest BCUT2D eigenvalue weighted by Gasteiger charge is -2.33. The number of benzene rings is 1. The van der Waals surface area contributed by atoms with Gasteiger partial charge in [-0.05, 0) is 54.6 Å². The minimum Gasteiger partial charge on any atom is -0.497 e. The van der Waals surface area contributed by atoms with E-state index in [1.807, 2.05) is 29.2 Å². The first kappa shape index (κ1) is 13.2. The predicted molar refractivity (Wildman–Crippen MR) is 80.5 cm³/mol. The van der Waals surface area contributed by atoms with Crippen LogP contribution in [0, 0.1) is 0 Å².